The Morgan fingerprint density at radius 3 is 2.67 bits per heavy atom. The van der Waals surface area contributed by atoms with E-state index < -0.39 is 0 Å². The van der Waals surface area contributed by atoms with Gasteiger partial charge in [-0.25, -0.2) is 0 Å². The number of rotatable bonds is 7. The predicted octanol–water partition coefficient (Wildman–Crippen LogP) is 6.22. The van der Waals surface area contributed by atoms with Gasteiger partial charge in [0, 0.05) is 22.5 Å². The molecule has 3 aliphatic rings. The van der Waals surface area contributed by atoms with Gasteiger partial charge in [0.25, 0.3) is 0 Å². The number of imide groups is 1. The van der Waals surface area contributed by atoms with Crippen molar-refractivity contribution in [2.45, 2.75) is 45.6 Å². The number of amides is 2. The second kappa shape index (κ2) is 10.3. The van der Waals surface area contributed by atoms with E-state index in [4.69, 9.17) is 4.74 Å². The fourth-order valence-electron chi connectivity index (χ4n) is 6.21. The summed E-state index contributed by atoms with van der Waals surface area (Å²) in [6.45, 7) is 5.10. The highest BCUT2D eigenvalue weighted by molar-refractivity contribution is 9.10. The van der Waals surface area contributed by atoms with E-state index in [1.54, 1.807) is 6.07 Å². The summed E-state index contributed by atoms with van der Waals surface area (Å²) in [5.41, 5.74) is 5.42. The third-order valence-electron chi connectivity index (χ3n) is 7.83. The third-order valence-corrected chi connectivity index (χ3v) is 8.32. The van der Waals surface area contributed by atoms with Gasteiger partial charge in [0.1, 0.15) is 5.75 Å². The summed E-state index contributed by atoms with van der Waals surface area (Å²) in [6.07, 6.45) is 4.93. The van der Waals surface area contributed by atoms with E-state index in [1.165, 1.54) is 16.0 Å². The Bertz CT molecular complexity index is 1230. The van der Waals surface area contributed by atoms with Crippen molar-refractivity contribution in [3.05, 3.63) is 75.3 Å². The molecule has 0 bridgehead atoms. The zero-order chi connectivity index (χ0) is 25.4. The topological polar surface area (TPSA) is 66.8 Å². The fourth-order valence-corrected chi connectivity index (χ4v) is 6.58. The van der Waals surface area contributed by atoms with Gasteiger partial charge >= 0.3 is 0 Å². The first kappa shape index (κ1) is 25.0. The molecule has 2 fully saturated rings. The molecule has 4 atom stereocenters. The number of aromatic hydroxyl groups is 1. The first-order valence-corrected chi connectivity index (χ1v) is 13.6. The van der Waals surface area contributed by atoms with Crippen molar-refractivity contribution >= 4 is 39.4 Å². The van der Waals surface area contributed by atoms with Crippen LogP contribution in [0.3, 0.4) is 0 Å². The largest absolute Gasteiger partial charge is 0.507 e. The lowest BCUT2D eigenvalue weighted by Crippen LogP contribution is -2.34. The van der Waals surface area contributed by atoms with Crippen LogP contribution in [0.1, 0.15) is 50.7 Å². The number of hydrogen-bond acceptors (Lipinski definition) is 4. The van der Waals surface area contributed by atoms with Crippen LogP contribution in [0.4, 0.5) is 0 Å². The first-order valence-electron chi connectivity index (χ1n) is 12.8. The molecule has 2 aliphatic heterocycles. The first-order chi connectivity index (χ1) is 17.4. The molecule has 1 N–H and O–H groups in total. The quantitative estimate of drug-likeness (QED) is 0.253. The van der Waals surface area contributed by atoms with Crippen LogP contribution in [0, 0.1) is 17.8 Å². The van der Waals surface area contributed by atoms with E-state index in [2.05, 4.69) is 35.0 Å². The lowest BCUT2D eigenvalue weighted by Gasteiger charge is -2.30. The molecule has 0 unspecified atom stereocenters. The third kappa shape index (κ3) is 4.57. The molecule has 2 saturated heterocycles. The minimum Gasteiger partial charge on any atom is -0.507 e. The molecule has 2 aromatic carbocycles. The molecule has 2 amide bonds. The Kier molecular flexibility index (Phi) is 7.18. The molecule has 6 heteroatoms. The number of benzene rings is 2. The monoisotopic (exact) mass is 549 g/mol. The van der Waals surface area contributed by atoms with E-state index in [0.29, 0.717) is 19.6 Å². The van der Waals surface area contributed by atoms with Crippen LogP contribution in [-0.4, -0.2) is 41.1 Å². The minimum atomic E-state index is -0.282. The van der Waals surface area contributed by atoms with E-state index in [0.717, 1.165) is 40.4 Å². The number of fused-ring (bicyclic) bond motifs is 3. The molecule has 0 radical (unpaired) electrons. The fraction of sp³-hybridized carbons (Fsp3) is 0.400. The lowest BCUT2D eigenvalue weighted by molar-refractivity contribution is -0.140. The van der Waals surface area contributed by atoms with Crippen LogP contribution >= 0.6 is 15.9 Å². The Morgan fingerprint density at radius 1 is 1.14 bits per heavy atom. The zero-order valence-corrected chi connectivity index (χ0v) is 22.3. The van der Waals surface area contributed by atoms with E-state index in [1.807, 2.05) is 43.3 Å². The van der Waals surface area contributed by atoms with E-state index in [9.17, 15) is 14.7 Å². The highest BCUT2D eigenvalue weighted by Crippen LogP contribution is 2.50. The van der Waals surface area contributed by atoms with Gasteiger partial charge in [-0.05, 0) is 73.6 Å². The molecule has 36 heavy (non-hydrogen) atoms. The summed E-state index contributed by atoms with van der Waals surface area (Å²) in [6, 6.07) is 15.6. The summed E-state index contributed by atoms with van der Waals surface area (Å²) in [4.78, 5) is 27.6. The predicted molar refractivity (Wildman–Crippen MR) is 144 cm³/mol. The van der Waals surface area contributed by atoms with Gasteiger partial charge < -0.3 is 9.84 Å². The number of hydrogen-bond donors (Lipinski definition) is 1. The number of ether oxygens (including phenoxy) is 1. The normalized spacial score (nSPS) is 26.0. The van der Waals surface area contributed by atoms with Crippen molar-refractivity contribution in [3.8, 4) is 5.75 Å². The standard InChI is InChI=1S/C30H32BrNO4/c1-3-13-32-29(34)23-14-18(2)27-24(28(23)30(32)35)17-36-26(27)12-9-20(19-7-5-4-6-8-19)15-21-16-22(31)10-11-25(21)33/h4-8,10-11,15-16,23-24,26,28,33H,3,9,12-14,17H2,1-2H3/b20-15-/t23-,24+,26-,28-/m1/s1. The molecule has 5 nitrogen and oxygen atoms in total. The van der Waals surface area contributed by atoms with Crippen LogP contribution in [0.5, 0.6) is 5.75 Å². The van der Waals surface area contributed by atoms with Gasteiger partial charge in [-0.2, -0.15) is 0 Å². The molecular formula is C30H32BrNO4. The van der Waals surface area contributed by atoms with Crippen LogP contribution in [0.25, 0.3) is 11.6 Å². The van der Waals surface area contributed by atoms with Crippen LogP contribution in [0.15, 0.2) is 64.1 Å². The number of likely N-dealkylation sites (tertiary alicyclic amines) is 1. The smallest absolute Gasteiger partial charge is 0.233 e. The van der Waals surface area contributed by atoms with Gasteiger partial charge in [0.05, 0.1) is 24.5 Å². The number of phenolic OH excluding ortho intramolecular Hbond substituents is 1. The van der Waals surface area contributed by atoms with Crippen molar-refractivity contribution in [3.63, 3.8) is 0 Å². The minimum absolute atomic E-state index is 0.00294. The molecular weight excluding hydrogens is 518 g/mol. The summed E-state index contributed by atoms with van der Waals surface area (Å²) in [7, 11) is 0. The molecule has 0 saturated carbocycles. The van der Waals surface area contributed by atoms with Gasteiger partial charge in [-0.3, -0.25) is 14.5 Å². The van der Waals surface area contributed by atoms with Gasteiger partial charge in [0.15, 0.2) is 0 Å². The van der Waals surface area contributed by atoms with Crippen molar-refractivity contribution in [1.29, 1.82) is 0 Å². The SMILES string of the molecule is CCCN1C(=O)[C@@H]2[C@@H](CC(C)=C3[C@@H](CC/C(=C/c4cc(Br)ccc4O)c4ccccc4)OC[C@@H]32)C1=O. The maximum atomic E-state index is 13.2. The summed E-state index contributed by atoms with van der Waals surface area (Å²) in [5, 5.41) is 10.4. The van der Waals surface area contributed by atoms with Gasteiger partial charge in [0.2, 0.25) is 11.8 Å². The highest BCUT2D eigenvalue weighted by Gasteiger charge is 2.56. The number of phenols is 1. The Labute approximate surface area is 221 Å². The number of nitrogens with zero attached hydrogens (tertiary/aromatic N) is 1. The maximum Gasteiger partial charge on any atom is 0.233 e. The second-order valence-electron chi connectivity index (χ2n) is 10.1. The van der Waals surface area contributed by atoms with Crippen molar-refractivity contribution < 1.29 is 19.4 Å². The Balaban J connectivity index is 1.40. The molecule has 0 spiro atoms. The number of carbonyl (C=O) groups excluding carboxylic acids is 2. The van der Waals surface area contributed by atoms with Crippen LogP contribution in [0.2, 0.25) is 0 Å². The molecule has 2 aromatic rings. The molecule has 1 aliphatic carbocycles. The van der Waals surface area contributed by atoms with Crippen LogP contribution in [-0.2, 0) is 14.3 Å². The average Bonchev–Trinajstić information content (AvgIpc) is 3.40. The molecule has 188 valence electrons. The van der Waals surface area contributed by atoms with Crippen molar-refractivity contribution in [1.82, 2.24) is 4.90 Å². The van der Waals surface area contributed by atoms with Crippen molar-refractivity contribution in [2.24, 2.45) is 17.8 Å². The lowest BCUT2D eigenvalue weighted by atomic mass is 9.70. The number of allylic oxidation sites excluding steroid dienone is 2. The summed E-state index contributed by atoms with van der Waals surface area (Å²) in [5.74, 6) is -0.306. The maximum absolute atomic E-state index is 13.2. The molecule has 5 rings (SSSR count). The molecule has 0 aromatic heterocycles. The van der Waals surface area contributed by atoms with Gasteiger partial charge in [-0.15, -0.1) is 0 Å². The second-order valence-corrected chi connectivity index (χ2v) is 11.0. The average molecular weight is 550 g/mol. The number of halogens is 1. The van der Waals surface area contributed by atoms with E-state index >= 15 is 0 Å². The van der Waals surface area contributed by atoms with Crippen LogP contribution < -0.4 is 0 Å². The number of carbonyl (C=O) groups is 2. The summed E-state index contributed by atoms with van der Waals surface area (Å²) < 4.78 is 7.22. The van der Waals surface area contributed by atoms with Crippen molar-refractivity contribution in [2.75, 3.05) is 13.2 Å². The van der Waals surface area contributed by atoms with E-state index in [-0.39, 0.29) is 41.4 Å². The highest BCUT2D eigenvalue weighted by atomic mass is 79.9. The Hall–Kier alpha value is -2.70. The Morgan fingerprint density at radius 2 is 1.92 bits per heavy atom. The molecule has 2 heterocycles. The summed E-state index contributed by atoms with van der Waals surface area (Å²) >= 11 is 3.50. The zero-order valence-electron chi connectivity index (χ0n) is 20.7. The van der Waals surface area contributed by atoms with Gasteiger partial charge in [-0.1, -0.05) is 58.8 Å².